The van der Waals surface area contributed by atoms with Crippen molar-refractivity contribution in [3.05, 3.63) is 36.2 Å². The van der Waals surface area contributed by atoms with Crippen molar-refractivity contribution in [1.29, 1.82) is 0 Å². The van der Waals surface area contributed by atoms with Crippen LogP contribution in [0.25, 0.3) is 17.1 Å². The van der Waals surface area contributed by atoms with Crippen LogP contribution in [-0.4, -0.2) is 118 Å². The molecule has 54 heavy (non-hydrogen) atoms. The minimum atomic E-state index is -1.38. The summed E-state index contributed by atoms with van der Waals surface area (Å²) in [5.41, 5.74) is -0.0976. The van der Waals surface area contributed by atoms with E-state index in [9.17, 15) is 24.3 Å². The highest BCUT2D eigenvalue weighted by atomic mass is 16.7. The van der Waals surface area contributed by atoms with Gasteiger partial charge < -0.3 is 44.0 Å². The lowest BCUT2D eigenvalue weighted by Gasteiger charge is -2.47. The number of hydrogen-bond donors (Lipinski definition) is 3. The van der Waals surface area contributed by atoms with Gasteiger partial charge in [-0.05, 0) is 78.7 Å². The van der Waals surface area contributed by atoms with Gasteiger partial charge in [0.1, 0.15) is 23.9 Å². The fourth-order valence-corrected chi connectivity index (χ4v) is 8.61. The molecule has 14 heteroatoms. The van der Waals surface area contributed by atoms with E-state index in [4.69, 9.17) is 23.7 Å². The standard InChI is InChI=1S/C40H58N4O10/c1-11-30-40(8)34(43-38(49)54-40)23(4)31(45)21(2)19-39(7,50-16-12-13-26-14-15-27-28(18-26)42-20-41-27)35(24(5)32(46)25(6)36(48)52-30)53-37-33(47)29(44(9)10)17-22(3)51-37/h12-15,18,20-25,29-30,33-35,37,47H,11,16-17,19H2,1-10H3,(H,41,42)(H,43,49)/b13-12+/t21-,22-,23+,24+,25-,29+,30-,33-,34-,35-,37+,39-,40-/m1/s1. The summed E-state index contributed by atoms with van der Waals surface area (Å²) in [6.45, 7) is 13.8. The lowest BCUT2D eigenvalue weighted by Crippen LogP contribution is -2.60. The molecule has 0 saturated carbocycles. The Labute approximate surface area is 317 Å². The first-order valence-corrected chi connectivity index (χ1v) is 19.1. The van der Waals surface area contributed by atoms with Crippen LogP contribution in [0.2, 0.25) is 0 Å². The van der Waals surface area contributed by atoms with E-state index < -0.39 is 83.4 Å². The topological polar surface area (TPSA) is 179 Å². The Balaban J connectivity index is 1.56. The summed E-state index contributed by atoms with van der Waals surface area (Å²) in [6, 6.07) is 4.68. The molecule has 1 aromatic heterocycles. The van der Waals surface area contributed by atoms with Crippen LogP contribution in [0.5, 0.6) is 0 Å². The average Bonchev–Trinajstić information content (AvgIpc) is 3.73. The number of aliphatic hydroxyl groups excluding tert-OH is 1. The van der Waals surface area contributed by atoms with Crippen LogP contribution < -0.4 is 5.32 Å². The van der Waals surface area contributed by atoms with E-state index in [-0.39, 0.29) is 37.4 Å². The summed E-state index contributed by atoms with van der Waals surface area (Å²) in [7, 11) is 3.74. The molecule has 1 amide bonds. The Bertz CT molecular complexity index is 1710. The molecule has 4 heterocycles. The van der Waals surface area contributed by atoms with Gasteiger partial charge in [-0.15, -0.1) is 0 Å². The normalized spacial score (nSPS) is 38.6. The largest absolute Gasteiger partial charge is 0.458 e. The predicted molar refractivity (Wildman–Crippen MR) is 200 cm³/mol. The number of hydrogen-bond acceptors (Lipinski definition) is 12. The number of carbonyl (C=O) groups excluding carboxylic acids is 4. The number of rotatable bonds is 8. The lowest BCUT2D eigenvalue weighted by atomic mass is 9.73. The van der Waals surface area contributed by atoms with Crippen molar-refractivity contribution in [3.63, 3.8) is 0 Å². The van der Waals surface area contributed by atoms with Gasteiger partial charge in [0.15, 0.2) is 17.7 Å². The quantitative estimate of drug-likeness (QED) is 0.255. The van der Waals surface area contributed by atoms with Crippen LogP contribution in [0.1, 0.15) is 80.2 Å². The number of alkyl carbamates (subject to hydrolysis) is 1. The molecule has 5 rings (SSSR count). The van der Waals surface area contributed by atoms with Crippen molar-refractivity contribution < 1.29 is 48.0 Å². The van der Waals surface area contributed by atoms with E-state index in [1.807, 2.05) is 56.3 Å². The van der Waals surface area contributed by atoms with Crippen LogP contribution >= 0.6 is 0 Å². The predicted octanol–water partition coefficient (Wildman–Crippen LogP) is 4.44. The van der Waals surface area contributed by atoms with E-state index in [2.05, 4.69) is 15.3 Å². The summed E-state index contributed by atoms with van der Waals surface area (Å²) in [4.78, 5) is 64.6. The van der Waals surface area contributed by atoms with Crippen LogP contribution in [0.15, 0.2) is 30.6 Å². The number of ether oxygens (including phenoxy) is 5. The number of cyclic esters (lactones) is 1. The number of amides is 1. The number of Topliss-reactive ketones (excluding diaryl/α,β-unsaturated/α-hetero) is 2. The van der Waals surface area contributed by atoms with Crippen molar-refractivity contribution in [1.82, 2.24) is 20.2 Å². The number of imidazole rings is 1. The summed E-state index contributed by atoms with van der Waals surface area (Å²) in [5.74, 6) is -5.11. The second-order valence-electron chi connectivity index (χ2n) is 16.1. The van der Waals surface area contributed by atoms with Crippen molar-refractivity contribution in [3.8, 4) is 0 Å². The summed E-state index contributed by atoms with van der Waals surface area (Å²) in [6.07, 6.45) is 1.02. The molecule has 2 aromatic rings. The number of likely N-dealkylation sites (N-methyl/N-ethyl adjacent to an activating group) is 1. The minimum absolute atomic E-state index is 0.0694. The number of H-pyrrole nitrogens is 1. The zero-order valence-electron chi connectivity index (χ0n) is 33.2. The van der Waals surface area contributed by atoms with Gasteiger partial charge in [-0.25, -0.2) is 9.78 Å². The summed E-state index contributed by atoms with van der Waals surface area (Å²) >= 11 is 0. The van der Waals surface area contributed by atoms with E-state index in [1.54, 1.807) is 47.9 Å². The number of aromatic amines is 1. The first kappa shape index (κ1) is 41.5. The number of carbonyl (C=O) groups is 4. The van der Waals surface area contributed by atoms with Crippen LogP contribution in [0, 0.1) is 23.7 Å². The monoisotopic (exact) mass is 754 g/mol. The van der Waals surface area contributed by atoms with Gasteiger partial charge in [0, 0.05) is 23.8 Å². The van der Waals surface area contributed by atoms with Gasteiger partial charge in [-0.2, -0.15) is 0 Å². The fourth-order valence-electron chi connectivity index (χ4n) is 8.61. The third kappa shape index (κ3) is 8.42. The van der Waals surface area contributed by atoms with Gasteiger partial charge in [0.25, 0.3) is 0 Å². The molecule has 298 valence electrons. The molecular weight excluding hydrogens is 696 g/mol. The zero-order chi connectivity index (χ0) is 39.7. The van der Waals surface area contributed by atoms with Gasteiger partial charge >= 0.3 is 12.1 Å². The van der Waals surface area contributed by atoms with Crippen LogP contribution in [0.3, 0.4) is 0 Å². The Hall–Kier alpha value is -3.69. The highest BCUT2D eigenvalue weighted by Gasteiger charge is 2.57. The first-order valence-electron chi connectivity index (χ1n) is 19.1. The molecule has 3 aliphatic heterocycles. The van der Waals surface area contributed by atoms with E-state index in [0.29, 0.717) is 6.42 Å². The molecule has 14 nitrogen and oxygen atoms in total. The van der Waals surface area contributed by atoms with Gasteiger partial charge in [-0.3, -0.25) is 14.4 Å². The maximum absolute atomic E-state index is 14.4. The molecular formula is C40H58N4O10. The van der Waals surface area contributed by atoms with Crippen molar-refractivity contribution in [2.75, 3.05) is 20.7 Å². The highest BCUT2D eigenvalue weighted by Crippen LogP contribution is 2.40. The smallest absolute Gasteiger partial charge is 0.408 e. The number of esters is 1. The van der Waals surface area contributed by atoms with E-state index in [1.165, 1.54) is 6.92 Å². The second kappa shape index (κ2) is 16.6. The highest BCUT2D eigenvalue weighted by molar-refractivity contribution is 6.00. The van der Waals surface area contributed by atoms with E-state index >= 15 is 0 Å². The summed E-state index contributed by atoms with van der Waals surface area (Å²) in [5, 5.41) is 14.3. The number of ketones is 2. The first-order chi connectivity index (χ1) is 25.4. The molecule has 13 atom stereocenters. The maximum Gasteiger partial charge on any atom is 0.408 e. The number of nitrogens with zero attached hydrogens (tertiary/aromatic N) is 2. The zero-order valence-corrected chi connectivity index (χ0v) is 33.2. The van der Waals surface area contributed by atoms with Crippen molar-refractivity contribution >= 4 is 40.7 Å². The third-order valence-corrected chi connectivity index (χ3v) is 11.7. The Kier molecular flexibility index (Phi) is 12.7. The number of nitrogens with one attached hydrogen (secondary N) is 2. The SMILES string of the molecule is CC[C@H]1OC(=O)[C@H](C)C(=O)[C@H](C)[C@@H](O[C@@H]2O[C@H](C)C[C@H](N(C)C)[C@H]2O)[C@](C)(OC/C=C/c2ccc3nc[nH]c3c2)C[C@@H](C)C(=O)[C@H](C)[C@H]2NC(=O)O[C@@]21C. The average molecular weight is 755 g/mol. The molecule has 3 saturated heterocycles. The van der Waals surface area contributed by atoms with Gasteiger partial charge in [0.05, 0.1) is 47.8 Å². The number of fused-ring (bicyclic) bond motifs is 2. The fraction of sp³-hybridized carbons (Fsp3) is 0.675. The van der Waals surface area contributed by atoms with E-state index in [0.717, 1.165) is 16.6 Å². The molecule has 0 spiro atoms. The van der Waals surface area contributed by atoms with Gasteiger partial charge in [0.2, 0.25) is 0 Å². The van der Waals surface area contributed by atoms with Crippen LogP contribution in [-0.2, 0) is 38.1 Å². The Morgan fingerprint density at radius 1 is 1.06 bits per heavy atom. The molecule has 3 fully saturated rings. The molecule has 0 unspecified atom stereocenters. The summed E-state index contributed by atoms with van der Waals surface area (Å²) < 4.78 is 31.3. The molecule has 3 N–H and O–H groups in total. The maximum atomic E-state index is 14.4. The molecule has 1 aromatic carbocycles. The second-order valence-corrected chi connectivity index (χ2v) is 16.1. The minimum Gasteiger partial charge on any atom is -0.458 e. The van der Waals surface area contributed by atoms with Crippen molar-refractivity contribution in [2.45, 2.75) is 129 Å². The number of aliphatic hydroxyl groups is 1. The molecule has 0 bridgehead atoms. The van der Waals surface area contributed by atoms with Gasteiger partial charge in [-0.1, -0.05) is 45.9 Å². The van der Waals surface area contributed by atoms with Crippen molar-refractivity contribution in [2.24, 2.45) is 23.7 Å². The third-order valence-electron chi connectivity index (χ3n) is 11.7. The number of aromatic nitrogens is 2. The lowest BCUT2D eigenvalue weighted by molar-refractivity contribution is -0.296. The Morgan fingerprint density at radius 3 is 2.46 bits per heavy atom. The Morgan fingerprint density at radius 2 is 1.78 bits per heavy atom. The number of benzene rings is 1. The molecule has 0 aliphatic carbocycles. The molecule has 0 radical (unpaired) electrons. The molecule has 3 aliphatic rings. The van der Waals surface area contributed by atoms with Crippen LogP contribution in [0.4, 0.5) is 4.79 Å².